The number of benzene rings is 3. The molecular weight excluding hydrogens is 404 g/mol. The third-order valence-corrected chi connectivity index (χ3v) is 5.05. The van der Waals surface area contributed by atoms with Gasteiger partial charge in [0.25, 0.3) is 0 Å². The zero-order chi connectivity index (χ0) is 20.6. The largest absolute Gasteiger partial charge is 0.497 e. The molecule has 0 saturated heterocycles. The van der Waals surface area contributed by atoms with Gasteiger partial charge in [-0.25, -0.2) is 0 Å². The predicted octanol–water partition coefficient (Wildman–Crippen LogP) is 5.76. The summed E-state index contributed by atoms with van der Waals surface area (Å²) >= 11 is 11.8. The topological polar surface area (TPSA) is 33.7 Å². The lowest BCUT2D eigenvalue weighted by Crippen LogP contribution is -2.34. The Kier molecular flexibility index (Phi) is 7.33. The molecule has 0 spiro atoms. The van der Waals surface area contributed by atoms with Crippen LogP contribution in [0.4, 0.5) is 5.69 Å². The Labute approximate surface area is 182 Å². The molecule has 150 valence electrons. The number of halogens is 1. The molecule has 1 N–H and O–H groups in total. The number of thiocarbonyl (C=S) groups is 1. The maximum atomic E-state index is 6.03. The van der Waals surface area contributed by atoms with Crippen LogP contribution in [0.3, 0.4) is 0 Å². The summed E-state index contributed by atoms with van der Waals surface area (Å²) < 4.78 is 10.8. The van der Waals surface area contributed by atoms with E-state index in [-0.39, 0.29) is 0 Å². The number of ether oxygens (including phenoxy) is 2. The van der Waals surface area contributed by atoms with Crippen LogP contribution in [0.15, 0.2) is 72.8 Å². The van der Waals surface area contributed by atoms with Crippen molar-refractivity contribution in [2.45, 2.75) is 13.1 Å². The number of nitrogens with one attached hydrogen (secondary N) is 1. The van der Waals surface area contributed by atoms with E-state index in [1.807, 2.05) is 60.7 Å². The highest BCUT2D eigenvalue weighted by molar-refractivity contribution is 7.80. The molecule has 0 aromatic heterocycles. The first kappa shape index (κ1) is 21.0. The van der Waals surface area contributed by atoms with E-state index in [1.165, 1.54) is 5.56 Å². The molecule has 0 aliphatic carbocycles. The minimum atomic E-state index is 0.604. The van der Waals surface area contributed by atoms with Crippen LogP contribution in [0, 0.1) is 0 Å². The Bertz CT molecular complexity index is 949. The number of anilines is 1. The Morgan fingerprint density at radius 2 is 1.55 bits per heavy atom. The molecule has 0 bridgehead atoms. The van der Waals surface area contributed by atoms with Crippen LogP contribution in [0.2, 0.25) is 5.02 Å². The summed E-state index contributed by atoms with van der Waals surface area (Å²) in [6.07, 6.45) is 0. The summed E-state index contributed by atoms with van der Waals surface area (Å²) in [5.74, 6) is 1.39. The molecule has 0 amide bonds. The second-order valence-electron chi connectivity index (χ2n) is 6.46. The molecular formula is C23H23ClN2O2S. The molecule has 0 aliphatic rings. The molecule has 0 radical (unpaired) electrons. The summed E-state index contributed by atoms with van der Waals surface area (Å²) in [6.45, 7) is 1.32. The van der Waals surface area contributed by atoms with Gasteiger partial charge in [0, 0.05) is 24.2 Å². The smallest absolute Gasteiger partial charge is 0.174 e. The molecule has 0 saturated carbocycles. The van der Waals surface area contributed by atoms with Crippen LogP contribution < -0.4 is 14.8 Å². The third kappa shape index (κ3) is 5.86. The Morgan fingerprint density at radius 3 is 2.17 bits per heavy atom. The lowest BCUT2D eigenvalue weighted by molar-refractivity contribution is 0.394. The summed E-state index contributed by atoms with van der Waals surface area (Å²) in [5.41, 5.74) is 3.08. The van der Waals surface area contributed by atoms with Gasteiger partial charge < -0.3 is 19.7 Å². The van der Waals surface area contributed by atoms with E-state index in [4.69, 9.17) is 33.3 Å². The fraction of sp³-hybridized carbons (Fsp3) is 0.174. The SMILES string of the molecule is COc1ccc(NC(=S)N(Cc2ccccc2)Cc2ccc(Cl)cc2)c(OC)c1. The number of hydrogen-bond donors (Lipinski definition) is 1. The number of methoxy groups -OCH3 is 2. The fourth-order valence-corrected chi connectivity index (χ4v) is 3.27. The standard InChI is InChI=1S/C23H23ClN2O2S/c1-27-20-12-13-21(22(14-20)28-2)25-23(29)26(15-17-6-4-3-5-7-17)16-18-8-10-19(24)11-9-18/h3-14H,15-16H2,1-2H3,(H,25,29). The maximum absolute atomic E-state index is 6.03. The van der Waals surface area contributed by atoms with Crippen molar-refractivity contribution < 1.29 is 9.47 Å². The Morgan fingerprint density at radius 1 is 0.897 bits per heavy atom. The molecule has 3 rings (SSSR count). The van der Waals surface area contributed by atoms with Crippen LogP contribution in [0.1, 0.15) is 11.1 Å². The van der Waals surface area contributed by atoms with Gasteiger partial charge in [-0.2, -0.15) is 0 Å². The van der Waals surface area contributed by atoms with E-state index >= 15 is 0 Å². The van der Waals surface area contributed by atoms with E-state index in [0.29, 0.717) is 29.0 Å². The van der Waals surface area contributed by atoms with Gasteiger partial charge in [-0.3, -0.25) is 0 Å². The molecule has 0 aliphatic heterocycles. The highest BCUT2D eigenvalue weighted by Gasteiger charge is 2.14. The van der Waals surface area contributed by atoms with Crippen LogP contribution in [-0.2, 0) is 13.1 Å². The molecule has 6 heteroatoms. The van der Waals surface area contributed by atoms with Crippen molar-refractivity contribution in [2.24, 2.45) is 0 Å². The third-order valence-electron chi connectivity index (χ3n) is 4.44. The first-order valence-electron chi connectivity index (χ1n) is 9.15. The summed E-state index contributed by atoms with van der Waals surface area (Å²) in [6, 6.07) is 23.6. The van der Waals surface area contributed by atoms with E-state index in [1.54, 1.807) is 14.2 Å². The van der Waals surface area contributed by atoms with Gasteiger partial charge in [0.2, 0.25) is 0 Å². The van der Waals surface area contributed by atoms with Crippen LogP contribution in [0.25, 0.3) is 0 Å². The van der Waals surface area contributed by atoms with Gasteiger partial charge in [-0.1, -0.05) is 54.1 Å². The minimum Gasteiger partial charge on any atom is -0.497 e. The summed E-state index contributed by atoms with van der Waals surface area (Å²) in [5, 5.41) is 4.63. The van der Waals surface area contributed by atoms with E-state index in [2.05, 4.69) is 22.3 Å². The van der Waals surface area contributed by atoms with Crippen molar-refractivity contribution in [2.75, 3.05) is 19.5 Å². The molecule has 3 aromatic carbocycles. The van der Waals surface area contributed by atoms with Crippen molar-refractivity contribution in [1.29, 1.82) is 0 Å². The fourth-order valence-electron chi connectivity index (χ4n) is 2.91. The van der Waals surface area contributed by atoms with E-state index in [9.17, 15) is 0 Å². The van der Waals surface area contributed by atoms with Gasteiger partial charge in [0.1, 0.15) is 11.5 Å². The molecule has 0 atom stereocenters. The minimum absolute atomic E-state index is 0.604. The first-order chi connectivity index (χ1) is 14.1. The van der Waals surface area contributed by atoms with Gasteiger partial charge in [-0.15, -0.1) is 0 Å². The number of rotatable bonds is 7. The molecule has 3 aromatic rings. The van der Waals surface area contributed by atoms with Gasteiger partial charge >= 0.3 is 0 Å². The average Bonchev–Trinajstić information content (AvgIpc) is 2.75. The van der Waals surface area contributed by atoms with Crippen molar-refractivity contribution in [3.8, 4) is 11.5 Å². The quantitative estimate of drug-likeness (QED) is 0.486. The highest BCUT2D eigenvalue weighted by Crippen LogP contribution is 2.29. The van der Waals surface area contributed by atoms with Crippen molar-refractivity contribution in [1.82, 2.24) is 4.90 Å². The second kappa shape index (κ2) is 10.1. The lowest BCUT2D eigenvalue weighted by Gasteiger charge is -2.27. The predicted molar refractivity (Wildman–Crippen MR) is 123 cm³/mol. The maximum Gasteiger partial charge on any atom is 0.174 e. The molecule has 4 nitrogen and oxygen atoms in total. The molecule has 0 fully saturated rings. The van der Waals surface area contributed by atoms with Gasteiger partial charge in [0.05, 0.1) is 19.9 Å². The molecule has 0 unspecified atom stereocenters. The molecule has 0 heterocycles. The number of nitrogens with zero attached hydrogens (tertiary/aromatic N) is 1. The van der Waals surface area contributed by atoms with Gasteiger partial charge in [0.15, 0.2) is 5.11 Å². The normalized spacial score (nSPS) is 10.3. The number of hydrogen-bond acceptors (Lipinski definition) is 3. The Hall–Kier alpha value is -2.76. The molecule has 29 heavy (non-hydrogen) atoms. The van der Waals surface area contributed by atoms with Crippen molar-refractivity contribution in [3.63, 3.8) is 0 Å². The van der Waals surface area contributed by atoms with Crippen molar-refractivity contribution in [3.05, 3.63) is 88.9 Å². The van der Waals surface area contributed by atoms with Gasteiger partial charge in [-0.05, 0) is 47.6 Å². The average molecular weight is 427 g/mol. The lowest BCUT2D eigenvalue weighted by atomic mass is 10.2. The first-order valence-corrected chi connectivity index (χ1v) is 9.94. The second-order valence-corrected chi connectivity index (χ2v) is 7.29. The van der Waals surface area contributed by atoms with Crippen LogP contribution >= 0.6 is 23.8 Å². The summed E-state index contributed by atoms with van der Waals surface area (Å²) in [7, 11) is 3.25. The van der Waals surface area contributed by atoms with E-state index in [0.717, 1.165) is 17.0 Å². The monoisotopic (exact) mass is 426 g/mol. The van der Waals surface area contributed by atoms with E-state index < -0.39 is 0 Å². The van der Waals surface area contributed by atoms with Crippen LogP contribution in [-0.4, -0.2) is 24.2 Å². The summed E-state index contributed by atoms with van der Waals surface area (Å²) in [4.78, 5) is 2.11. The zero-order valence-corrected chi connectivity index (χ0v) is 18.0. The highest BCUT2D eigenvalue weighted by atomic mass is 35.5. The zero-order valence-electron chi connectivity index (χ0n) is 16.4. The van der Waals surface area contributed by atoms with Crippen molar-refractivity contribution >= 4 is 34.6 Å². The van der Waals surface area contributed by atoms with Crippen LogP contribution in [0.5, 0.6) is 11.5 Å². The Balaban J connectivity index is 1.82.